The molecule has 0 aliphatic rings. The van der Waals surface area contributed by atoms with Crippen LogP contribution >= 0.6 is 0 Å². The van der Waals surface area contributed by atoms with Gasteiger partial charge in [-0.25, -0.2) is 9.37 Å². The Labute approximate surface area is 149 Å². The summed E-state index contributed by atoms with van der Waals surface area (Å²) in [4.78, 5) is 8.05. The first-order valence-electron chi connectivity index (χ1n) is 7.36. The second kappa shape index (κ2) is 7.24. The van der Waals surface area contributed by atoms with Gasteiger partial charge in [-0.15, -0.1) is 4.79 Å². The molecule has 3 rings (SSSR count). The molecule has 1 aromatic carbocycles. The SMILES string of the molecule is COc1cnc(CS(=O)c2nc3c(F)c(OC)ccc3n2F)cc1OC. The van der Waals surface area contributed by atoms with Gasteiger partial charge in [0.1, 0.15) is 11.0 Å². The summed E-state index contributed by atoms with van der Waals surface area (Å²) < 4.78 is 56.3. The Bertz CT molecular complexity index is 993. The van der Waals surface area contributed by atoms with Gasteiger partial charge in [0.15, 0.2) is 23.1 Å². The summed E-state index contributed by atoms with van der Waals surface area (Å²) in [6.07, 6.45) is 1.41. The number of halogens is 2. The number of aromatic nitrogens is 3. The van der Waals surface area contributed by atoms with Crippen LogP contribution in [0.2, 0.25) is 0 Å². The standard InChI is InChI=1S/C16H15F2N3O4S/c1-23-11-5-4-10-15(14(11)17)20-16(21(10)18)26(22)8-9-6-12(24-2)13(25-3)7-19-9/h4-7H,8H2,1-3H3. The lowest BCUT2D eigenvalue weighted by Crippen LogP contribution is -2.04. The van der Waals surface area contributed by atoms with Crippen LogP contribution in [-0.2, 0) is 16.6 Å². The number of hydrogen-bond donors (Lipinski definition) is 0. The Hall–Kier alpha value is -2.75. The third-order valence-electron chi connectivity index (χ3n) is 3.68. The van der Waals surface area contributed by atoms with E-state index in [4.69, 9.17) is 14.2 Å². The zero-order chi connectivity index (χ0) is 18.8. The van der Waals surface area contributed by atoms with Crippen LogP contribution in [0, 0.1) is 5.82 Å². The Morgan fingerprint density at radius 2 is 1.81 bits per heavy atom. The van der Waals surface area contributed by atoms with Gasteiger partial charge in [-0.1, -0.05) is 4.48 Å². The average molecular weight is 383 g/mol. The summed E-state index contributed by atoms with van der Waals surface area (Å²) in [6.45, 7) is 0. The van der Waals surface area contributed by atoms with Crippen molar-refractivity contribution >= 4 is 21.8 Å². The molecule has 0 aliphatic heterocycles. The molecule has 1 atom stereocenters. The molecule has 0 spiro atoms. The molecule has 2 heterocycles. The molecule has 2 aromatic heterocycles. The summed E-state index contributed by atoms with van der Waals surface area (Å²) in [5, 5.41) is -0.413. The first-order valence-corrected chi connectivity index (χ1v) is 8.68. The molecule has 0 fully saturated rings. The van der Waals surface area contributed by atoms with E-state index in [-0.39, 0.29) is 27.3 Å². The molecule has 0 amide bonds. The van der Waals surface area contributed by atoms with Crippen molar-refractivity contribution in [2.24, 2.45) is 0 Å². The predicted molar refractivity (Wildman–Crippen MR) is 90.2 cm³/mol. The smallest absolute Gasteiger partial charge is 0.229 e. The molecule has 10 heteroatoms. The molecule has 0 saturated heterocycles. The van der Waals surface area contributed by atoms with Gasteiger partial charge < -0.3 is 14.2 Å². The number of pyridine rings is 1. The van der Waals surface area contributed by atoms with Crippen molar-refractivity contribution in [2.75, 3.05) is 21.3 Å². The van der Waals surface area contributed by atoms with Crippen molar-refractivity contribution in [3.63, 3.8) is 0 Å². The second-order valence-electron chi connectivity index (χ2n) is 5.15. The van der Waals surface area contributed by atoms with E-state index in [2.05, 4.69) is 9.97 Å². The van der Waals surface area contributed by atoms with Gasteiger partial charge in [-0.3, -0.25) is 9.19 Å². The number of rotatable bonds is 6. The van der Waals surface area contributed by atoms with Crippen LogP contribution in [0.4, 0.5) is 8.87 Å². The summed E-state index contributed by atoms with van der Waals surface area (Å²) in [6, 6.07) is 4.11. The summed E-state index contributed by atoms with van der Waals surface area (Å²) in [7, 11) is 2.30. The second-order valence-corrected chi connectivity index (χ2v) is 6.49. The van der Waals surface area contributed by atoms with Crippen molar-refractivity contribution in [2.45, 2.75) is 10.9 Å². The number of fused-ring (bicyclic) bond motifs is 1. The summed E-state index contributed by atoms with van der Waals surface area (Å²) >= 11 is 0. The fourth-order valence-corrected chi connectivity index (χ4v) is 3.42. The van der Waals surface area contributed by atoms with Crippen molar-refractivity contribution < 1.29 is 27.3 Å². The number of imidazole rings is 1. The molecular formula is C16H15F2N3O4S. The fraction of sp³-hybridized carbons (Fsp3) is 0.250. The van der Waals surface area contributed by atoms with Gasteiger partial charge in [-0.05, 0) is 12.1 Å². The summed E-state index contributed by atoms with van der Waals surface area (Å²) in [5.74, 6) is -0.210. The highest BCUT2D eigenvalue weighted by Gasteiger charge is 2.22. The molecule has 26 heavy (non-hydrogen) atoms. The largest absolute Gasteiger partial charge is 0.494 e. The Morgan fingerprint density at radius 1 is 1.12 bits per heavy atom. The van der Waals surface area contributed by atoms with Crippen LogP contribution in [0.5, 0.6) is 17.2 Å². The van der Waals surface area contributed by atoms with Gasteiger partial charge >= 0.3 is 0 Å². The quantitative estimate of drug-likeness (QED) is 0.651. The third-order valence-corrected chi connectivity index (χ3v) is 4.89. The zero-order valence-electron chi connectivity index (χ0n) is 14.2. The molecule has 0 N–H and O–H groups in total. The molecule has 0 bridgehead atoms. The number of methoxy groups -OCH3 is 3. The lowest BCUT2D eigenvalue weighted by atomic mass is 10.3. The zero-order valence-corrected chi connectivity index (χ0v) is 15.0. The lowest BCUT2D eigenvalue weighted by Gasteiger charge is -2.08. The van der Waals surface area contributed by atoms with Gasteiger partial charge in [0, 0.05) is 6.07 Å². The number of nitrogens with zero attached hydrogens (tertiary/aromatic N) is 3. The van der Waals surface area contributed by atoms with E-state index in [1.54, 1.807) is 0 Å². The Balaban J connectivity index is 1.95. The van der Waals surface area contributed by atoms with Crippen molar-refractivity contribution in [1.82, 2.24) is 14.8 Å². The van der Waals surface area contributed by atoms with E-state index in [9.17, 15) is 13.1 Å². The van der Waals surface area contributed by atoms with E-state index in [1.165, 1.54) is 45.7 Å². The molecule has 138 valence electrons. The molecule has 0 saturated carbocycles. The maximum absolute atomic E-state index is 14.5. The number of benzene rings is 1. The minimum Gasteiger partial charge on any atom is -0.494 e. The maximum atomic E-state index is 14.5. The highest BCUT2D eigenvalue weighted by Crippen LogP contribution is 2.29. The van der Waals surface area contributed by atoms with Crippen LogP contribution in [0.1, 0.15) is 5.69 Å². The molecule has 0 radical (unpaired) electrons. The van der Waals surface area contributed by atoms with Gasteiger partial charge in [0.25, 0.3) is 0 Å². The maximum Gasteiger partial charge on any atom is 0.229 e. The van der Waals surface area contributed by atoms with E-state index >= 15 is 0 Å². The average Bonchev–Trinajstić information content (AvgIpc) is 2.99. The number of hydrogen-bond acceptors (Lipinski definition) is 6. The van der Waals surface area contributed by atoms with Crippen LogP contribution in [-0.4, -0.2) is 40.3 Å². The molecule has 7 nitrogen and oxygen atoms in total. The van der Waals surface area contributed by atoms with Crippen LogP contribution in [0.3, 0.4) is 0 Å². The topological polar surface area (TPSA) is 75.5 Å². The van der Waals surface area contributed by atoms with Crippen molar-refractivity contribution in [1.29, 1.82) is 0 Å². The van der Waals surface area contributed by atoms with E-state index in [0.717, 1.165) is 0 Å². The number of ether oxygens (including phenoxy) is 3. The minimum atomic E-state index is -1.90. The first-order chi connectivity index (χ1) is 12.5. The highest BCUT2D eigenvalue weighted by atomic mass is 32.2. The monoisotopic (exact) mass is 383 g/mol. The molecule has 0 aliphatic carbocycles. The molecular weight excluding hydrogens is 368 g/mol. The van der Waals surface area contributed by atoms with E-state index in [0.29, 0.717) is 17.2 Å². The third kappa shape index (κ3) is 3.07. The van der Waals surface area contributed by atoms with Crippen molar-refractivity contribution in [3.05, 3.63) is 35.9 Å². The Morgan fingerprint density at radius 3 is 2.46 bits per heavy atom. The lowest BCUT2D eigenvalue weighted by molar-refractivity contribution is 0.344. The van der Waals surface area contributed by atoms with Crippen LogP contribution in [0.15, 0.2) is 29.6 Å². The highest BCUT2D eigenvalue weighted by molar-refractivity contribution is 7.84. The van der Waals surface area contributed by atoms with Gasteiger partial charge in [0.05, 0.1) is 49.8 Å². The molecule has 3 aromatic rings. The molecule has 1 unspecified atom stereocenters. The van der Waals surface area contributed by atoms with Crippen molar-refractivity contribution in [3.8, 4) is 17.2 Å². The van der Waals surface area contributed by atoms with Gasteiger partial charge in [-0.2, -0.15) is 0 Å². The van der Waals surface area contributed by atoms with Gasteiger partial charge in [0.2, 0.25) is 5.16 Å². The van der Waals surface area contributed by atoms with E-state index < -0.39 is 21.8 Å². The Kier molecular flexibility index (Phi) is 5.03. The van der Waals surface area contributed by atoms with Crippen LogP contribution < -0.4 is 14.2 Å². The normalized spacial score (nSPS) is 12.2. The first kappa shape index (κ1) is 18.1. The predicted octanol–water partition coefficient (Wildman–Crippen LogP) is 2.64. The minimum absolute atomic E-state index is 0.0745. The van der Waals surface area contributed by atoms with Crippen LogP contribution in [0.25, 0.3) is 11.0 Å². The fourth-order valence-electron chi connectivity index (χ4n) is 2.40. The summed E-state index contributed by atoms with van der Waals surface area (Å²) in [5.41, 5.74) is -0.00603. The van der Waals surface area contributed by atoms with E-state index in [1.807, 2.05) is 0 Å².